The van der Waals surface area contributed by atoms with Crippen molar-refractivity contribution in [2.75, 3.05) is 6.61 Å². The van der Waals surface area contributed by atoms with Gasteiger partial charge in [-0.1, -0.05) is 69.7 Å². The smallest absolute Gasteiger partial charge is 0.408 e. The average molecular weight is 509 g/mol. The first kappa shape index (κ1) is 28.2. The third kappa shape index (κ3) is 9.23. The second-order valence-corrected chi connectivity index (χ2v) is 10.1. The first-order valence-electron chi connectivity index (χ1n) is 13.4. The number of carbonyl (C=O) groups excluding carboxylic acids is 3. The fraction of sp³-hybridized carbons (Fsp3) is 0.500. The predicted octanol–water partition coefficient (Wildman–Crippen LogP) is 5.21. The zero-order chi connectivity index (χ0) is 26.6. The average Bonchev–Trinajstić information content (AvgIpc) is 2.90. The molecule has 200 valence electrons. The van der Waals surface area contributed by atoms with Gasteiger partial charge in [0, 0.05) is 12.8 Å². The summed E-state index contributed by atoms with van der Waals surface area (Å²) in [5, 5.41) is 5.66. The van der Waals surface area contributed by atoms with Crippen LogP contribution in [-0.2, 0) is 27.4 Å². The molecule has 0 fully saturated rings. The molecule has 0 aliphatic carbocycles. The van der Waals surface area contributed by atoms with Gasteiger partial charge in [0.1, 0.15) is 18.4 Å². The molecule has 2 amide bonds. The van der Waals surface area contributed by atoms with Crippen LogP contribution in [0.1, 0.15) is 64.0 Å². The van der Waals surface area contributed by atoms with Crippen LogP contribution in [0.15, 0.2) is 54.6 Å². The number of alkyl carbamates (subject to hydrolysis) is 1. The lowest BCUT2D eigenvalue weighted by atomic mass is 9.88. The van der Waals surface area contributed by atoms with Crippen molar-refractivity contribution < 1.29 is 23.9 Å². The van der Waals surface area contributed by atoms with Gasteiger partial charge in [-0.05, 0) is 54.4 Å². The van der Waals surface area contributed by atoms with Crippen LogP contribution in [0.2, 0.25) is 0 Å². The summed E-state index contributed by atoms with van der Waals surface area (Å²) in [4.78, 5) is 39.3. The molecule has 0 spiro atoms. The summed E-state index contributed by atoms with van der Waals surface area (Å²) >= 11 is 0. The summed E-state index contributed by atoms with van der Waals surface area (Å²) < 4.78 is 11.2. The summed E-state index contributed by atoms with van der Waals surface area (Å²) in [6.45, 7) is 6.68. The second kappa shape index (κ2) is 14.4. The molecule has 2 aliphatic heterocycles. The van der Waals surface area contributed by atoms with Crippen molar-refractivity contribution in [3.63, 3.8) is 0 Å². The molecule has 3 atom stereocenters. The number of nitrogens with one attached hydrogen (secondary N) is 2. The Hall–Kier alpha value is -3.35. The van der Waals surface area contributed by atoms with Gasteiger partial charge in [-0.3, -0.25) is 9.59 Å². The van der Waals surface area contributed by atoms with Gasteiger partial charge in [0.05, 0.1) is 12.6 Å². The molecular formula is C30H40N2O5. The number of hydrogen-bond acceptors (Lipinski definition) is 5. The summed E-state index contributed by atoms with van der Waals surface area (Å²) in [5.74, 6) is 0.592. The number of ketones is 1. The minimum Gasteiger partial charge on any atom is -0.494 e. The van der Waals surface area contributed by atoms with E-state index in [-0.39, 0.29) is 30.6 Å². The molecule has 2 bridgehead atoms. The number of benzene rings is 2. The quantitative estimate of drug-likeness (QED) is 0.578. The third-order valence-corrected chi connectivity index (χ3v) is 6.84. The molecule has 0 unspecified atom stereocenters. The number of hydrogen-bond donors (Lipinski definition) is 2. The SMILES string of the molecule is CC[C@@H]1CCCCOc2ccc(cc2)C[C@H](NC(=O)OCc2ccccc2)C(=O)N[C@@H](C(C)C)C(=O)C1. The summed E-state index contributed by atoms with van der Waals surface area (Å²) in [6, 6.07) is 15.4. The lowest BCUT2D eigenvalue weighted by Crippen LogP contribution is -2.54. The maximum atomic E-state index is 13.4. The predicted molar refractivity (Wildman–Crippen MR) is 143 cm³/mol. The molecule has 0 saturated carbocycles. The Bertz CT molecular complexity index is 1010. The van der Waals surface area contributed by atoms with Crippen molar-refractivity contribution in [1.29, 1.82) is 0 Å². The van der Waals surface area contributed by atoms with Crippen LogP contribution < -0.4 is 15.4 Å². The topological polar surface area (TPSA) is 93.7 Å². The van der Waals surface area contributed by atoms with Gasteiger partial charge >= 0.3 is 6.09 Å². The van der Waals surface area contributed by atoms with Gasteiger partial charge in [-0.15, -0.1) is 0 Å². The Morgan fingerprint density at radius 1 is 1.05 bits per heavy atom. The number of Topliss-reactive ketones (excluding diaryl/α,β-unsaturated/α-hetero) is 1. The first-order chi connectivity index (χ1) is 17.9. The van der Waals surface area contributed by atoms with Crippen molar-refractivity contribution in [3.05, 3.63) is 65.7 Å². The van der Waals surface area contributed by atoms with E-state index in [9.17, 15) is 14.4 Å². The highest BCUT2D eigenvalue weighted by molar-refractivity contribution is 5.92. The molecule has 2 heterocycles. The number of rotatable bonds is 5. The van der Waals surface area contributed by atoms with Crippen LogP contribution in [0.3, 0.4) is 0 Å². The van der Waals surface area contributed by atoms with Gasteiger partial charge in [-0.25, -0.2) is 4.79 Å². The zero-order valence-corrected chi connectivity index (χ0v) is 22.2. The van der Waals surface area contributed by atoms with E-state index in [4.69, 9.17) is 9.47 Å². The summed E-state index contributed by atoms with van der Waals surface area (Å²) in [7, 11) is 0. The van der Waals surface area contributed by atoms with Crippen LogP contribution in [0, 0.1) is 11.8 Å². The van der Waals surface area contributed by atoms with E-state index in [0.29, 0.717) is 13.0 Å². The Labute approximate surface area is 220 Å². The van der Waals surface area contributed by atoms with E-state index in [0.717, 1.165) is 42.6 Å². The third-order valence-electron chi connectivity index (χ3n) is 6.84. The first-order valence-corrected chi connectivity index (χ1v) is 13.4. The Morgan fingerprint density at radius 2 is 1.78 bits per heavy atom. The molecule has 2 aromatic carbocycles. The van der Waals surface area contributed by atoms with Crippen LogP contribution in [-0.4, -0.2) is 36.5 Å². The van der Waals surface area contributed by atoms with Crippen molar-refractivity contribution in [2.45, 2.75) is 78.0 Å². The molecule has 7 nitrogen and oxygen atoms in total. The normalized spacial score (nSPS) is 21.6. The maximum Gasteiger partial charge on any atom is 0.408 e. The molecule has 0 saturated heterocycles. The lowest BCUT2D eigenvalue weighted by molar-refractivity contribution is -0.130. The van der Waals surface area contributed by atoms with Crippen LogP contribution in [0.5, 0.6) is 5.75 Å². The van der Waals surface area contributed by atoms with E-state index in [1.54, 1.807) is 0 Å². The van der Waals surface area contributed by atoms with E-state index in [2.05, 4.69) is 17.6 Å². The standard InChI is InChI=1S/C30H40N2O5/c1-4-22-10-8-9-17-36-25-15-13-23(14-16-25)18-26(29(34)32-28(21(2)3)27(33)19-22)31-30(35)37-20-24-11-6-5-7-12-24/h5-7,11-16,21-22,26,28H,4,8-10,17-20H2,1-3H3,(H,31,35)(H,32,34)/t22-,26+,28+/m1/s1. The molecule has 2 N–H and O–H groups in total. The van der Waals surface area contributed by atoms with Crippen molar-refractivity contribution in [3.8, 4) is 5.75 Å². The lowest BCUT2D eigenvalue weighted by Gasteiger charge is -2.26. The molecule has 2 aromatic rings. The van der Waals surface area contributed by atoms with Crippen molar-refractivity contribution in [1.82, 2.24) is 10.6 Å². The minimum atomic E-state index is -0.901. The van der Waals surface area contributed by atoms with E-state index in [1.165, 1.54) is 0 Å². The zero-order valence-electron chi connectivity index (χ0n) is 22.2. The second-order valence-electron chi connectivity index (χ2n) is 10.1. The highest BCUT2D eigenvalue weighted by atomic mass is 16.5. The Morgan fingerprint density at radius 3 is 2.46 bits per heavy atom. The van der Waals surface area contributed by atoms with Crippen LogP contribution >= 0.6 is 0 Å². The molecule has 7 heteroatoms. The number of fused-ring (bicyclic) bond motifs is 14. The molecule has 0 radical (unpaired) electrons. The molecular weight excluding hydrogens is 468 g/mol. The van der Waals surface area contributed by atoms with E-state index < -0.39 is 24.1 Å². The van der Waals surface area contributed by atoms with Crippen LogP contribution in [0.4, 0.5) is 4.79 Å². The molecule has 2 aliphatic rings. The maximum absolute atomic E-state index is 13.4. The van der Waals surface area contributed by atoms with Crippen molar-refractivity contribution >= 4 is 17.8 Å². The largest absolute Gasteiger partial charge is 0.494 e. The fourth-order valence-corrected chi connectivity index (χ4v) is 4.53. The van der Waals surface area contributed by atoms with Gasteiger partial charge < -0.3 is 20.1 Å². The monoisotopic (exact) mass is 508 g/mol. The van der Waals surface area contributed by atoms with Gasteiger partial charge in [0.2, 0.25) is 5.91 Å². The van der Waals surface area contributed by atoms with E-state index >= 15 is 0 Å². The molecule has 4 rings (SSSR count). The van der Waals surface area contributed by atoms with E-state index in [1.807, 2.05) is 68.4 Å². The minimum absolute atomic E-state index is 0.0325. The highest BCUT2D eigenvalue weighted by Crippen LogP contribution is 2.21. The number of ether oxygens (including phenoxy) is 2. The number of carbonyl (C=O) groups is 3. The Balaban J connectivity index is 1.78. The highest BCUT2D eigenvalue weighted by Gasteiger charge is 2.30. The fourth-order valence-electron chi connectivity index (χ4n) is 4.53. The van der Waals surface area contributed by atoms with Crippen molar-refractivity contribution in [2.24, 2.45) is 11.8 Å². The summed E-state index contributed by atoms with van der Waals surface area (Å²) in [5.41, 5.74) is 1.71. The summed E-state index contributed by atoms with van der Waals surface area (Å²) in [6.07, 6.45) is 3.75. The molecule has 37 heavy (non-hydrogen) atoms. The van der Waals surface area contributed by atoms with Gasteiger partial charge in [0.15, 0.2) is 5.78 Å². The van der Waals surface area contributed by atoms with Gasteiger partial charge in [-0.2, -0.15) is 0 Å². The number of amides is 2. The van der Waals surface area contributed by atoms with Crippen LogP contribution in [0.25, 0.3) is 0 Å². The van der Waals surface area contributed by atoms with Gasteiger partial charge in [0.25, 0.3) is 0 Å². The Kier molecular flexibility index (Phi) is 11.0. The molecule has 0 aromatic heterocycles.